The van der Waals surface area contributed by atoms with Crippen molar-refractivity contribution in [3.8, 4) is 0 Å². The van der Waals surface area contributed by atoms with Crippen LogP contribution in [0.4, 0.5) is 0 Å². The van der Waals surface area contributed by atoms with Crippen LogP contribution in [0.1, 0.15) is 100 Å². The average Bonchev–Trinajstić information content (AvgIpc) is 3.50. The number of methoxy groups -OCH3 is 1. The molecule has 66 heavy (non-hydrogen) atoms. The van der Waals surface area contributed by atoms with Gasteiger partial charge in [-0.25, -0.2) is 0 Å². The highest BCUT2D eigenvalue weighted by atomic mass is 16.7. The Balaban J connectivity index is 1.24. The Morgan fingerprint density at radius 1 is 0.985 bits per heavy atom. The molecule has 2 unspecified atom stereocenters. The van der Waals surface area contributed by atoms with Gasteiger partial charge in [0.25, 0.3) is 0 Å². The van der Waals surface area contributed by atoms with Crippen molar-refractivity contribution in [1.82, 2.24) is 20.5 Å². The summed E-state index contributed by atoms with van der Waals surface area (Å²) in [6.07, 6.45) is -4.79. The number of carbonyl (C=O) groups is 3. The summed E-state index contributed by atoms with van der Waals surface area (Å²) in [4.78, 5) is 49.0. The second kappa shape index (κ2) is 21.2. The van der Waals surface area contributed by atoms with Crippen LogP contribution in [0.5, 0.6) is 0 Å². The van der Waals surface area contributed by atoms with E-state index in [-0.39, 0.29) is 42.6 Å². The van der Waals surface area contributed by atoms with Crippen LogP contribution in [-0.2, 0) is 54.1 Å². The molecule has 1 aromatic carbocycles. The lowest BCUT2D eigenvalue weighted by molar-refractivity contribution is -0.313. The zero-order valence-corrected chi connectivity index (χ0v) is 41.4. The van der Waals surface area contributed by atoms with E-state index < -0.39 is 95.6 Å². The van der Waals surface area contributed by atoms with Gasteiger partial charge in [-0.2, -0.15) is 0 Å². The number of Topliss-reactive ketones (excluding diaryl/α,β-unsaturated/α-hetero) is 1. The highest BCUT2D eigenvalue weighted by molar-refractivity contribution is 5.92. The highest BCUT2D eigenvalue weighted by Crippen LogP contribution is 2.45. The largest absolute Gasteiger partial charge is 0.459 e. The zero-order valence-electron chi connectivity index (χ0n) is 41.4. The number of hydrogen-bond donors (Lipinski definition) is 4. The molecule has 6 rings (SSSR count). The SMILES string of the molecule is CC[C@@H]1OC(=O)[C@H](C)[C@@H](O[C@H]2C[C@@](C)(OC)C(C(=O)NCCNCc3cnc4ccccc4c3)[C@H](C)O2)[C@H](C)[C@@H](O[C@@H]2O[C@H](C)C[C@H](N(C)C)[C@H]2O)[C@](C)(O)C[C@@H](C)[C@H]2OC1(C)C(=O)[C@@H]2C. The number of hydrogen-bond acceptors (Lipinski definition) is 15. The maximum Gasteiger partial charge on any atom is 0.311 e. The summed E-state index contributed by atoms with van der Waals surface area (Å²) in [5, 5.41) is 32.0. The number of aromatic nitrogens is 1. The Kier molecular flexibility index (Phi) is 16.8. The van der Waals surface area contributed by atoms with Crippen molar-refractivity contribution in [2.75, 3.05) is 34.3 Å². The van der Waals surface area contributed by atoms with Crippen molar-refractivity contribution in [2.24, 2.45) is 29.6 Å². The van der Waals surface area contributed by atoms with Crippen molar-refractivity contribution in [2.45, 2.75) is 180 Å². The third-order valence-electron chi connectivity index (χ3n) is 15.0. The monoisotopic (exact) mass is 927 g/mol. The number of fused-ring (bicyclic) bond motifs is 3. The summed E-state index contributed by atoms with van der Waals surface area (Å²) in [7, 11) is 5.33. The van der Waals surface area contributed by atoms with Crippen LogP contribution in [0.3, 0.4) is 0 Å². The summed E-state index contributed by atoms with van der Waals surface area (Å²) >= 11 is 0. The van der Waals surface area contributed by atoms with Gasteiger partial charge in [0.2, 0.25) is 5.91 Å². The Labute approximate surface area is 391 Å². The topological polar surface area (TPSA) is 196 Å². The molecule has 5 heterocycles. The number of nitrogens with one attached hydrogen (secondary N) is 2. The number of cyclic esters (lactones) is 1. The molecule has 0 aliphatic carbocycles. The third kappa shape index (κ3) is 11.0. The molecular weight excluding hydrogens is 849 g/mol. The van der Waals surface area contributed by atoms with Crippen LogP contribution in [0.2, 0.25) is 0 Å². The van der Waals surface area contributed by atoms with Gasteiger partial charge in [-0.3, -0.25) is 19.4 Å². The molecule has 4 aliphatic rings. The maximum atomic E-state index is 14.5. The van der Waals surface area contributed by atoms with E-state index in [1.165, 1.54) is 0 Å². The van der Waals surface area contributed by atoms with Gasteiger partial charge in [-0.15, -0.1) is 0 Å². The first kappa shape index (κ1) is 52.2. The Morgan fingerprint density at radius 2 is 1.70 bits per heavy atom. The fourth-order valence-corrected chi connectivity index (χ4v) is 11.4. The van der Waals surface area contributed by atoms with E-state index in [1.807, 2.05) is 91.0 Å². The number of likely N-dealkylation sites (N-methyl/N-ethyl adjacent to an activating group) is 1. The molecule has 0 spiro atoms. The van der Waals surface area contributed by atoms with Gasteiger partial charge in [0.15, 0.2) is 24.0 Å². The van der Waals surface area contributed by atoms with Crippen LogP contribution in [0, 0.1) is 29.6 Å². The van der Waals surface area contributed by atoms with Gasteiger partial charge in [0.05, 0.1) is 59.1 Å². The summed E-state index contributed by atoms with van der Waals surface area (Å²) < 4.78 is 45.5. The number of ether oxygens (including phenoxy) is 7. The van der Waals surface area contributed by atoms with Crippen molar-refractivity contribution >= 4 is 28.6 Å². The molecule has 1 aromatic heterocycles. The predicted octanol–water partition coefficient (Wildman–Crippen LogP) is 4.54. The fraction of sp³-hybridized carbons (Fsp3) is 0.760. The molecule has 2 bridgehead atoms. The van der Waals surface area contributed by atoms with E-state index in [0.717, 1.165) is 16.5 Å². The van der Waals surface area contributed by atoms with Gasteiger partial charge < -0.3 is 58.9 Å². The van der Waals surface area contributed by atoms with Crippen LogP contribution in [0.25, 0.3) is 10.9 Å². The number of aliphatic hydroxyl groups is 2. The number of rotatable bonds is 13. The molecular formula is C50H78N4O12. The number of nitrogens with zero attached hydrogens (tertiary/aromatic N) is 2. The standard InChI is InChI=1S/C50H78N4O12/c1-14-37-50(10)43(56)29(4)41(66-50)27(2)23-48(8,59)44(65-47-40(55)36(54(11)12)21-28(3)61-47)30(5)42(31(6)46(58)63-37)64-38-24-49(9,60-13)39(32(7)62-38)45(57)52-20-19-51-25-33-22-34-17-15-16-18-35(34)53-26-33/h15-18,22,26-32,36-42,44,47,51,55,59H,14,19-21,23-25H2,1-13H3,(H,52,57)/t27-,28-,29-,30+,31-,32+,36+,37+,38+,39?,40-,41-,42+,44-,47+,48-,49-,50?/m1/s1. The van der Waals surface area contributed by atoms with Crippen LogP contribution in [-0.4, -0.2) is 150 Å². The fourth-order valence-electron chi connectivity index (χ4n) is 11.4. The van der Waals surface area contributed by atoms with E-state index in [4.69, 9.17) is 33.2 Å². The molecule has 0 radical (unpaired) electrons. The van der Waals surface area contributed by atoms with Crippen LogP contribution < -0.4 is 10.6 Å². The van der Waals surface area contributed by atoms with Crippen molar-refractivity contribution in [1.29, 1.82) is 0 Å². The summed E-state index contributed by atoms with van der Waals surface area (Å²) in [5.41, 5.74) is -2.15. The van der Waals surface area contributed by atoms with E-state index in [2.05, 4.69) is 21.7 Å². The number of aliphatic hydroxyl groups excluding tert-OH is 1. The Bertz CT molecular complexity index is 1990. The molecule has 4 fully saturated rings. The third-order valence-corrected chi connectivity index (χ3v) is 15.0. The smallest absolute Gasteiger partial charge is 0.311 e. The molecule has 370 valence electrons. The van der Waals surface area contributed by atoms with Gasteiger partial charge >= 0.3 is 5.97 Å². The number of pyridine rings is 1. The molecule has 16 nitrogen and oxygen atoms in total. The number of para-hydroxylation sites is 1. The average molecular weight is 927 g/mol. The first-order valence-corrected chi connectivity index (χ1v) is 24.0. The maximum absolute atomic E-state index is 14.5. The Morgan fingerprint density at radius 3 is 2.38 bits per heavy atom. The van der Waals surface area contributed by atoms with E-state index in [0.29, 0.717) is 32.5 Å². The summed E-state index contributed by atoms with van der Waals surface area (Å²) in [6, 6.07) is 9.75. The van der Waals surface area contributed by atoms with Gasteiger partial charge in [-0.05, 0) is 98.5 Å². The van der Waals surface area contributed by atoms with Crippen molar-refractivity contribution < 1.29 is 57.8 Å². The number of carbonyl (C=O) groups excluding carboxylic acids is 3. The minimum Gasteiger partial charge on any atom is -0.459 e. The molecule has 4 N–H and O–H groups in total. The van der Waals surface area contributed by atoms with Gasteiger partial charge in [0.1, 0.15) is 12.2 Å². The lowest BCUT2D eigenvalue weighted by atomic mass is 9.75. The molecule has 18 atom stereocenters. The molecule has 4 saturated heterocycles. The Hall–Kier alpha value is -3.16. The number of esters is 1. The van der Waals surface area contributed by atoms with Crippen molar-refractivity contribution in [3.63, 3.8) is 0 Å². The summed E-state index contributed by atoms with van der Waals surface area (Å²) in [5.74, 6) is -4.41. The normalized spacial score (nSPS) is 41.5. The second-order valence-electron chi connectivity index (χ2n) is 20.6. The number of benzene rings is 1. The lowest BCUT2D eigenvalue weighted by Gasteiger charge is -2.49. The quantitative estimate of drug-likeness (QED) is 0.161. The van der Waals surface area contributed by atoms with E-state index in [9.17, 15) is 24.6 Å². The minimum absolute atomic E-state index is 0.118. The molecule has 1 amide bonds. The number of ketones is 1. The van der Waals surface area contributed by atoms with E-state index in [1.54, 1.807) is 34.8 Å². The zero-order chi connectivity index (χ0) is 48.5. The van der Waals surface area contributed by atoms with Crippen LogP contribution in [0.15, 0.2) is 36.5 Å². The summed E-state index contributed by atoms with van der Waals surface area (Å²) in [6.45, 7) is 19.5. The lowest BCUT2D eigenvalue weighted by Crippen LogP contribution is -2.61. The molecule has 16 heteroatoms. The number of amides is 1. The highest BCUT2D eigenvalue weighted by Gasteiger charge is 2.59. The van der Waals surface area contributed by atoms with Crippen LogP contribution >= 0.6 is 0 Å². The van der Waals surface area contributed by atoms with Gasteiger partial charge in [0, 0.05) is 62.6 Å². The van der Waals surface area contributed by atoms with Gasteiger partial charge in [-0.1, -0.05) is 45.9 Å². The minimum atomic E-state index is -1.64. The molecule has 2 aromatic rings. The molecule has 4 aliphatic heterocycles. The first-order chi connectivity index (χ1) is 31.0. The second-order valence-corrected chi connectivity index (χ2v) is 20.6. The van der Waals surface area contributed by atoms with Crippen molar-refractivity contribution in [3.05, 3.63) is 42.1 Å². The van der Waals surface area contributed by atoms with E-state index >= 15 is 0 Å². The predicted molar refractivity (Wildman–Crippen MR) is 247 cm³/mol. The molecule has 0 saturated carbocycles. The first-order valence-electron chi connectivity index (χ1n) is 24.0.